The molecule has 228 valence electrons. The minimum absolute atomic E-state index is 0.0283. The zero-order chi connectivity index (χ0) is 31.7. The van der Waals surface area contributed by atoms with E-state index in [1.807, 2.05) is 20.8 Å². The van der Waals surface area contributed by atoms with Crippen molar-refractivity contribution in [1.29, 1.82) is 0 Å². The van der Waals surface area contributed by atoms with Gasteiger partial charge in [0, 0.05) is 16.6 Å². The van der Waals surface area contributed by atoms with Crippen molar-refractivity contribution in [3.63, 3.8) is 0 Å². The Hall–Kier alpha value is -4.67. The Morgan fingerprint density at radius 1 is 0.955 bits per heavy atom. The minimum atomic E-state index is -3.92. The molecular formula is C33H33ClN4O5S. The molecule has 0 aliphatic heterocycles. The molecule has 44 heavy (non-hydrogen) atoms. The van der Waals surface area contributed by atoms with Crippen LogP contribution >= 0.6 is 11.6 Å². The summed E-state index contributed by atoms with van der Waals surface area (Å²) in [4.78, 5) is 24.6. The van der Waals surface area contributed by atoms with Crippen molar-refractivity contribution in [2.75, 3.05) is 10.9 Å². The highest BCUT2D eigenvalue weighted by Crippen LogP contribution is 2.31. The molecule has 0 radical (unpaired) electrons. The predicted octanol–water partition coefficient (Wildman–Crippen LogP) is 5.71. The second-order valence-corrected chi connectivity index (χ2v) is 12.5. The van der Waals surface area contributed by atoms with Gasteiger partial charge >= 0.3 is 0 Å². The first-order chi connectivity index (χ1) is 21.0. The molecule has 0 bridgehead atoms. The van der Waals surface area contributed by atoms with Crippen LogP contribution in [0.1, 0.15) is 40.9 Å². The fourth-order valence-corrected chi connectivity index (χ4v) is 5.89. The van der Waals surface area contributed by atoms with E-state index in [0.717, 1.165) is 11.1 Å². The fourth-order valence-electron chi connectivity index (χ4n) is 4.19. The predicted molar refractivity (Wildman–Crippen MR) is 173 cm³/mol. The van der Waals surface area contributed by atoms with Gasteiger partial charge in [0.25, 0.3) is 21.8 Å². The Labute approximate surface area is 262 Å². The number of amides is 2. The molecule has 2 amide bonds. The van der Waals surface area contributed by atoms with Crippen molar-refractivity contribution in [1.82, 2.24) is 10.7 Å². The molecule has 0 aromatic heterocycles. The molecule has 0 spiro atoms. The molecule has 0 aliphatic carbocycles. The molecule has 4 rings (SSSR count). The number of benzene rings is 4. The van der Waals surface area contributed by atoms with Crippen LogP contribution in [0.2, 0.25) is 5.02 Å². The third-order valence-corrected chi connectivity index (χ3v) is 8.40. The quantitative estimate of drug-likeness (QED) is 0.153. The van der Waals surface area contributed by atoms with Crippen molar-refractivity contribution in [3.8, 4) is 5.75 Å². The lowest BCUT2D eigenvalue weighted by Crippen LogP contribution is -2.34. The molecule has 2 N–H and O–H groups in total. The number of ether oxygens (including phenoxy) is 1. The Bertz CT molecular complexity index is 1730. The van der Waals surface area contributed by atoms with Crippen molar-refractivity contribution >= 4 is 45.3 Å². The molecule has 0 fully saturated rings. The molecule has 4 aromatic rings. The number of hydrogen-bond acceptors (Lipinski definition) is 6. The van der Waals surface area contributed by atoms with Gasteiger partial charge in [0.2, 0.25) is 0 Å². The highest BCUT2D eigenvalue weighted by Gasteiger charge is 2.26. The van der Waals surface area contributed by atoms with Crippen LogP contribution in [-0.4, -0.2) is 39.1 Å². The van der Waals surface area contributed by atoms with E-state index in [1.165, 1.54) is 10.5 Å². The molecule has 0 saturated carbocycles. The van der Waals surface area contributed by atoms with E-state index in [4.69, 9.17) is 16.3 Å². The van der Waals surface area contributed by atoms with Gasteiger partial charge in [-0.05, 0) is 98.1 Å². The van der Waals surface area contributed by atoms with Crippen LogP contribution in [0.15, 0.2) is 107 Å². The van der Waals surface area contributed by atoms with Gasteiger partial charge < -0.3 is 10.1 Å². The molecule has 9 nitrogen and oxygen atoms in total. The van der Waals surface area contributed by atoms with Crippen LogP contribution in [0.5, 0.6) is 5.75 Å². The number of hydrogen-bond donors (Lipinski definition) is 2. The number of nitrogens with one attached hydrogen (secondary N) is 2. The average Bonchev–Trinajstić information content (AvgIpc) is 3.01. The van der Waals surface area contributed by atoms with Crippen LogP contribution in [-0.2, 0) is 21.4 Å². The highest BCUT2D eigenvalue weighted by atomic mass is 35.5. The average molecular weight is 633 g/mol. The maximum atomic E-state index is 13.7. The molecule has 4 aromatic carbocycles. The zero-order valence-corrected chi connectivity index (χ0v) is 26.1. The van der Waals surface area contributed by atoms with Crippen molar-refractivity contribution in [3.05, 3.63) is 124 Å². The van der Waals surface area contributed by atoms with Crippen molar-refractivity contribution in [2.24, 2.45) is 5.10 Å². The van der Waals surface area contributed by atoms with Gasteiger partial charge in [-0.2, -0.15) is 5.10 Å². The van der Waals surface area contributed by atoms with Crippen LogP contribution < -0.4 is 19.8 Å². The first kappa shape index (κ1) is 32.2. The number of anilines is 1. The van der Waals surface area contributed by atoms with E-state index < -0.39 is 15.9 Å². The second kappa shape index (κ2) is 14.7. The number of sulfonamides is 1. The molecule has 11 heteroatoms. The first-order valence-corrected chi connectivity index (χ1v) is 15.6. The largest absolute Gasteiger partial charge is 0.484 e. The number of carbonyl (C=O) groups is 2. The summed E-state index contributed by atoms with van der Waals surface area (Å²) in [5.41, 5.74) is 5.45. The van der Waals surface area contributed by atoms with Crippen LogP contribution in [0.25, 0.3) is 0 Å². The summed E-state index contributed by atoms with van der Waals surface area (Å²) >= 11 is 6.24. The maximum Gasteiger partial charge on any atom is 0.271 e. The first-order valence-electron chi connectivity index (χ1n) is 13.8. The van der Waals surface area contributed by atoms with Gasteiger partial charge in [0.05, 0.1) is 23.3 Å². The lowest BCUT2D eigenvalue weighted by molar-refractivity contribution is -0.123. The normalized spacial score (nSPS) is 11.4. The van der Waals surface area contributed by atoms with Gasteiger partial charge in [0.15, 0.2) is 6.61 Å². The van der Waals surface area contributed by atoms with Crippen molar-refractivity contribution < 1.29 is 22.7 Å². The lowest BCUT2D eigenvalue weighted by Gasteiger charge is -2.26. The number of carbonyl (C=O) groups excluding carboxylic acids is 2. The van der Waals surface area contributed by atoms with Gasteiger partial charge in [-0.1, -0.05) is 48.0 Å². The number of nitrogens with zero attached hydrogens (tertiary/aromatic N) is 2. The molecule has 0 saturated heterocycles. The number of rotatable bonds is 12. The summed E-state index contributed by atoms with van der Waals surface area (Å²) < 4.78 is 34.2. The number of aryl methyl sites for hydroxylation is 1. The summed E-state index contributed by atoms with van der Waals surface area (Å²) in [6.07, 6.45) is 1.49. The Morgan fingerprint density at radius 3 is 2.30 bits per heavy atom. The molecule has 0 aliphatic rings. The second-order valence-electron chi connectivity index (χ2n) is 10.2. The highest BCUT2D eigenvalue weighted by molar-refractivity contribution is 7.92. The van der Waals surface area contributed by atoms with Crippen LogP contribution in [0.3, 0.4) is 0 Å². The third kappa shape index (κ3) is 8.68. The summed E-state index contributed by atoms with van der Waals surface area (Å²) in [5, 5.41) is 7.19. The number of halogens is 1. The van der Waals surface area contributed by atoms with Crippen molar-refractivity contribution in [2.45, 2.75) is 38.3 Å². The summed E-state index contributed by atoms with van der Waals surface area (Å²) in [7, 11) is -3.92. The van der Waals surface area contributed by atoms with E-state index in [9.17, 15) is 18.0 Å². The molecule has 0 unspecified atom stereocenters. The molecular weight excluding hydrogens is 600 g/mol. The van der Waals surface area contributed by atoms with E-state index in [1.54, 1.807) is 97.1 Å². The van der Waals surface area contributed by atoms with Gasteiger partial charge in [-0.15, -0.1) is 0 Å². The Kier molecular flexibility index (Phi) is 10.8. The Morgan fingerprint density at radius 2 is 1.64 bits per heavy atom. The monoisotopic (exact) mass is 632 g/mol. The summed E-state index contributed by atoms with van der Waals surface area (Å²) in [5.74, 6) is -0.0960. The van der Waals surface area contributed by atoms with Crippen LogP contribution in [0, 0.1) is 6.92 Å². The minimum Gasteiger partial charge on any atom is -0.484 e. The van der Waals surface area contributed by atoms with Gasteiger partial charge in [-0.3, -0.25) is 13.9 Å². The molecule has 0 atom stereocenters. The Balaban J connectivity index is 1.41. The standard InChI is InChI=1S/C33H33ClN4O5S/c1-23(2)36-32(39)22-43-29-17-12-25(13-18-29)20-35-37-33(40)27-14-10-26(11-15-27)21-38(31-19-28(34)16-9-24(31)3)44(41,42)30-7-5-4-6-8-30/h4-20,23H,21-22H2,1-3H3,(H,36,39)(H,37,40)/b35-20-. The lowest BCUT2D eigenvalue weighted by atomic mass is 10.1. The summed E-state index contributed by atoms with van der Waals surface area (Å²) in [6, 6.07) is 26.9. The number of hydrazone groups is 1. The molecule has 0 heterocycles. The maximum absolute atomic E-state index is 13.7. The van der Waals surface area contributed by atoms with Gasteiger partial charge in [-0.25, -0.2) is 13.8 Å². The smallest absolute Gasteiger partial charge is 0.271 e. The van der Waals surface area contributed by atoms with E-state index in [2.05, 4.69) is 15.8 Å². The van der Waals surface area contributed by atoms with E-state index in [-0.39, 0.29) is 30.0 Å². The topological polar surface area (TPSA) is 117 Å². The SMILES string of the molecule is Cc1ccc(Cl)cc1N(Cc1ccc(C(=O)N/N=C\c2ccc(OCC(=O)NC(C)C)cc2)cc1)S(=O)(=O)c1ccccc1. The summed E-state index contributed by atoms with van der Waals surface area (Å²) in [6.45, 7) is 5.52. The van der Waals surface area contributed by atoms with E-state index in [0.29, 0.717) is 27.6 Å². The fraction of sp³-hybridized carbons (Fsp3) is 0.182. The van der Waals surface area contributed by atoms with Gasteiger partial charge in [0.1, 0.15) is 5.75 Å². The third-order valence-electron chi connectivity index (χ3n) is 6.39. The van der Waals surface area contributed by atoms with E-state index >= 15 is 0 Å². The zero-order valence-electron chi connectivity index (χ0n) is 24.5. The van der Waals surface area contributed by atoms with Crippen LogP contribution in [0.4, 0.5) is 5.69 Å².